The van der Waals surface area contributed by atoms with Gasteiger partial charge in [0, 0.05) is 18.7 Å². The van der Waals surface area contributed by atoms with E-state index in [1.54, 1.807) is 0 Å². The maximum Gasteiger partial charge on any atom is 0.416 e. The van der Waals surface area contributed by atoms with Crippen molar-refractivity contribution < 1.29 is 32.7 Å². The fourth-order valence-electron chi connectivity index (χ4n) is 2.49. The van der Waals surface area contributed by atoms with E-state index < -0.39 is 29.6 Å². The monoisotopic (exact) mass is 359 g/mol. The molecule has 0 aliphatic carbocycles. The van der Waals surface area contributed by atoms with Crippen LogP contribution in [0.5, 0.6) is 0 Å². The van der Waals surface area contributed by atoms with Gasteiger partial charge in [-0.2, -0.15) is 13.2 Å². The Morgan fingerprint density at radius 2 is 2.00 bits per heavy atom. The van der Waals surface area contributed by atoms with Crippen molar-refractivity contribution in [2.45, 2.75) is 18.6 Å². The lowest BCUT2D eigenvalue weighted by Crippen LogP contribution is -2.41. The van der Waals surface area contributed by atoms with Crippen LogP contribution >= 0.6 is 0 Å². The van der Waals surface area contributed by atoms with E-state index in [0.717, 1.165) is 12.1 Å². The smallest absolute Gasteiger partial charge is 0.416 e. The molecule has 136 valence electrons. The molecular weight excluding hydrogens is 343 g/mol. The summed E-state index contributed by atoms with van der Waals surface area (Å²) in [6.45, 7) is 0.142. The highest BCUT2D eigenvalue weighted by molar-refractivity contribution is 5.96. The number of hydrogen-bond donors (Lipinski definition) is 3. The van der Waals surface area contributed by atoms with Crippen molar-refractivity contribution in [3.8, 4) is 0 Å². The van der Waals surface area contributed by atoms with Gasteiger partial charge in [0.05, 0.1) is 18.2 Å². The van der Waals surface area contributed by atoms with Gasteiger partial charge in [-0.05, 0) is 24.6 Å². The van der Waals surface area contributed by atoms with Gasteiger partial charge in [-0.3, -0.25) is 9.59 Å². The molecule has 2 rings (SSSR count). The summed E-state index contributed by atoms with van der Waals surface area (Å²) in [6, 6.07) is 3.52. The molecule has 3 amide bonds. The number of hydrogen-bond acceptors (Lipinski definition) is 3. The zero-order valence-electron chi connectivity index (χ0n) is 13.0. The number of likely N-dealkylation sites (tertiary alicyclic amines) is 1. The Labute approximate surface area is 140 Å². The molecule has 3 N–H and O–H groups in total. The Hall–Kier alpha value is -2.78. The van der Waals surface area contributed by atoms with Gasteiger partial charge in [-0.15, -0.1) is 0 Å². The molecule has 1 heterocycles. The molecule has 7 nitrogen and oxygen atoms in total. The SMILES string of the molecule is O=C(O)N[C@H]1CCN(C(=O)CNC(=O)c2cccc(C(F)(F)F)c2)C1. The first-order valence-corrected chi connectivity index (χ1v) is 7.39. The van der Waals surface area contributed by atoms with Crippen molar-refractivity contribution >= 4 is 17.9 Å². The molecule has 1 aliphatic rings. The number of carbonyl (C=O) groups excluding carboxylic acids is 2. The molecule has 0 bridgehead atoms. The Morgan fingerprint density at radius 3 is 2.64 bits per heavy atom. The van der Waals surface area contributed by atoms with E-state index in [1.165, 1.54) is 11.0 Å². The summed E-state index contributed by atoms with van der Waals surface area (Å²) >= 11 is 0. The number of alkyl halides is 3. The fraction of sp³-hybridized carbons (Fsp3) is 0.400. The second-order valence-corrected chi connectivity index (χ2v) is 5.54. The molecule has 25 heavy (non-hydrogen) atoms. The van der Waals surface area contributed by atoms with Crippen molar-refractivity contribution in [2.24, 2.45) is 0 Å². The molecule has 1 aromatic rings. The molecular formula is C15H16F3N3O4. The van der Waals surface area contributed by atoms with Gasteiger partial charge in [0.1, 0.15) is 0 Å². The summed E-state index contributed by atoms with van der Waals surface area (Å²) < 4.78 is 37.9. The Balaban J connectivity index is 1.88. The minimum Gasteiger partial charge on any atom is -0.465 e. The molecule has 0 spiro atoms. The quantitative estimate of drug-likeness (QED) is 0.755. The minimum atomic E-state index is -4.56. The summed E-state index contributed by atoms with van der Waals surface area (Å²) in [7, 11) is 0. The first-order chi connectivity index (χ1) is 11.7. The maximum atomic E-state index is 12.6. The van der Waals surface area contributed by atoms with E-state index in [2.05, 4.69) is 10.6 Å². The lowest BCUT2D eigenvalue weighted by Gasteiger charge is -2.17. The molecule has 0 aromatic heterocycles. The lowest BCUT2D eigenvalue weighted by molar-refractivity contribution is -0.137. The molecule has 0 saturated carbocycles. The Morgan fingerprint density at radius 1 is 1.28 bits per heavy atom. The van der Waals surface area contributed by atoms with Gasteiger partial charge in [-0.25, -0.2) is 4.79 Å². The van der Waals surface area contributed by atoms with E-state index in [4.69, 9.17) is 5.11 Å². The molecule has 0 unspecified atom stereocenters. The normalized spacial score (nSPS) is 17.2. The van der Waals surface area contributed by atoms with Gasteiger partial charge in [0.25, 0.3) is 5.91 Å². The van der Waals surface area contributed by atoms with Gasteiger partial charge < -0.3 is 20.6 Å². The molecule has 1 fully saturated rings. The van der Waals surface area contributed by atoms with E-state index >= 15 is 0 Å². The summed E-state index contributed by atoms with van der Waals surface area (Å²) in [4.78, 5) is 35.8. The number of halogens is 3. The summed E-state index contributed by atoms with van der Waals surface area (Å²) in [5.74, 6) is -1.23. The van der Waals surface area contributed by atoms with Gasteiger partial charge >= 0.3 is 12.3 Å². The number of nitrogens with zero attached hydrogens (tertiary/aromatic N) is 1. The van der Waals surface area contributed by atoms with Crippen LogP contribution in [0.25, 0.3) is 0 Å². The lowest BCUT2D eigenvalue weighted by atomic mass is 10.1. The molecule has 1 aliphatic heterocycles. The molecule has 0 radical (unpaired) electrons. The number of carboxylic acid groups (broad SMARTS) is 1. The van der Waals surface area contributed by atoms with Crippen molar-refractivity contribution in [3.63, 3.8) is 0 Å². The minimum absolute atomic E-state index is 0.185. The van der Waals surface area contributed by atoms with Gasteiger partial charge in [0.15, 0.2) is 0 Å². The number of amides is 3. The van der Waals surface area contributed by atoms with Crippen LogP contribution in [0.3, 0.4) is 0 Å². The highest BCUT2D eigenvalue weighted by Gasteiger charge is 2.31. The first kappa shape index (κ1) is 18.6. The molecule has 1 aromatic carbocycles. The molecule has 1 atom stereocenters. The van der Waals surface area contributed by atoms with E-state index in [1.807, 2.05) is 0 Å². The van der Waals surface area contributed by atoms with Gasteiger partial charge in [-0.1, -0.05) is 6.07 Å². The van der Waals surface area contributed by atoms with Crippen molar-refractivity contribution in [2.75, 3.05) is 19.6 Å². The summed E-state index contributed by atoms with van der Waals surface area (Å²) in [5.41, 5.74) is -1.15. The third kappa shape index (κ3) is 5.10. The standard InChI is InChI=1S/C15H16F3N3O4/c16-15(17,18)10-3-1-2-9(6-10)13(23)19-7-12(22)21-5-4-11(8-21)20-14(24)25/h1-3,6,11,20H,4-5,7-8H2,(H,19,23)(H,24,25)/t11-/m0/s1. The molecule has 1 saturated heterocycles. The van der Waals surface area contributed by atoms with Crippen LogP contribution in [-0.4, -0.2) is 53.6 Å². The number of nitrogens with one attached hydrogen (secondary N) is 2. The second-order valence-electron chi connectivity index (χ2n) is 5.54. The van der Waals surface area contributed by atoms with Crippen molar-refractivity contribution in [1.29, 1.82) is 0 Å². The van der Waals surface area contributed by atoms with E-state index in [9.17, 15) is 27.6 Å². The number of carbonyl (C=O) groups is 3. The van der Waals surface area contributed by atoms with Crippen LogP contribution in [0.2, 0.25) is 0 Å². The second kappa shape index (κ2) is 7.41. The molecule has 10 heteroatoms. The predicted octanol–water partition coefficient (Wildman–Crippen LogP) is 1.30. The third-order valence-corrected chi connectivity index (χ3v) is 3.72. The van der Waals surface area contributed by atoms with Crippen molar-refractivity contribution in [1.82, 2.24) is 15.5 Å². The average Bonchev–Trinajstić information content (AvgIpc) is 2.99. The topological polar surface area (TPSA) is 98.7 Å². The Bertz CT molecular complexity index is 678. The zero-order chi connectivity index (χ0) is 18.6. The number of benzene rings is 1. The van der Waals surface area contributed by atoms with Gasteiger partial charge in [0.2, 0.25) is 5.91 Å². The average molecular weight is 359 g/mol. The zero-order valence-corrected chi connectivity index (χ0v) is 13.0. The number of rotatable bonds is 4. The van der Waals surface area contributed by atoms with E-state index in [-0.39, 0.29) is 24.7 Å². The van der Waals surface area contributed by atoms with Crippen LogP contribution in [-0.2, 0) is 11.0 Å². The summed E-state index contributed by atoms with van der Waals surface area (Å²) in [6.07, 6.45) is -5.29. The van der Waals surface area contributed by atoms with Crippen LogP contribution < -0.4 is 10.6 Å². The van der Waals surface area contributed by atoms with Crippen LogP contribution in [0.15, 0.2) is 24.3 Å². The van der Waals surface area contributed by atoms with Crippen molar-refractivity contribution in [3.05, 3.63) is 35.4 Å². The summed E-state index contributed by atoms with van der Waals surface area (Å²) in [5, 5.41) is 13.2. The first-order valence-electron chi connectivity index (χ1n) is 7.39. The fourth-order valence-corrected chi connectivity index (χ4v) is 2.49. The van der Waals surface area contributed by atoms with Crippen LogP contribution in [0, 0.1) is 0 Å². The highest BCUT2D eigenvalue weighted by atomic mass is 19.4. The highest BCUT2D eigenvalue weighted by Crippen LogP contribution is 2.29. The largest absolute Gasteiger partial charge is 0.465 e. The maximum absolute atomic E-state index is 12.6. The predicted molar refractivity (Wildman–Crippen MR) is 79.9 cm³/mol. The Kier molecular flexibility index (Phi) is 5.50. The van der Waals surface area contributed by atoms with E-state index in [0.29, 0.717) is 19.0 Å². The van der Waals surface area contributed by atoms with Crippen LogP contribution in [0.1, 0.15) is 22.3 Å². The van der Waals surface area contributed by atoms with Crippen LogP contribution in [0.4, 0.5) is 18.0 Å². The third-order valence-electron chi connectivity index (χ3n) is 3.72.